The highest BCUT2D eigenvalue weighted by Gasteiger charge is 2.08. The number of nitrogens with one attached hydrogen (secondary N) is 1. The van der Waals surface area contributed by atoms with E-state index in [1.807, 2.05) is 25.1 Å². The summed E-state index contributed by atoms with van der Waals surface area (Å²) in [6.45, 7) is 2.68. The largest absolute Gasteiger partial charge is 0.370 e. The standard InChI is InChI=1S/C13H16N4S.HI/c1-9-11(8-16-13(14)15-2)18-12(17-9)10-6-4-3-5-7-10;/h3-7H,8H2,1-2H3,(H3,14,15,16);1H. The normalized spacial score (nSPS) is 10.9. The predicted molar refractivity (Wildman–Crippen MR) is 92.1 cm³/mol. The van der Waals surface area contributed by atoms with Crippen molar-refractivity contribution in [2.45, 2.75) is 13.5 Å². The van der Waals surface area contributed by atoms with Crippen LogP contribution in [0.3, 0.4) is 0 Å². The van der Waals surface area contributed by atoms with Crippen LogP contribution in [-0.2, 0) is 6.54 Å². The second-order valence-electron chi connectivity index (χ2n) is 3.86. The van der Waals surface area contributed by atoms with Crippen LogP contribution in [-0.4, -0.2) is 18.0 Å². The van der Waals surface area contributed by atoms with Crippen molar-refractivity contribution < 1.29 is 0 Å². The van der Waals surface area contributed by atoms with Crippen molar-refractivity contribution >= 4 is 41.3 Å². The summed E-state index contributed by atoms with van der Waals surface area (Å²) in [5.74, 6) is 0.448. The Balaban J connectivity index is 0.00000180. The molecule has 19 heavy (non-hydrogen) atoms. The van der Waals surface area contributed by atoms with Gasteiger partial charge in [-0.25, -0.2) is 4.98 Å². The number of guanidine groups is 1. The number of aryl methyl sites for hydroxylation is 1. The first-order chi connectivity index (χ1) is 8.70. The Hall–Kier alpha value is -1.15. The van der Waals surface area contributed by atoms with E-state index >= 15 is 0 Å². The minimum absolute atomic E-state index is 0. The lowest BCUT2D eigenvalue weighted by atomic mass is 10.2. The van der Waals surface area contributed by atoms with E-state index < -0.39 is 0 Å². The summed E-state index contributed by atoms with van der Waals surface area (Å²) in [5, 5.41) is 4.09. The van der Waals surface area contributed by atoms with E-state index in [1.165, 1.54) is 4.88 Å². The summed E-state index contributed by atoms with van der Waals surface area (Å²) >= 11 is 1.68. The summed E-state index contributed by atoms with van der Waals surface area (Å²) < 4.78 is 0. The Morgan fingerprint density at radius 1 is 1.37 bits per heavy atom. The van der Waals surface area contributed by atoms with E-state index in [4.69, 9.17) is 5.73 Å². The average Bonchev–Trinajstić information content (AvgIpc) is 2.78. The van der Waals surface area contributed by atoms with Gasteiger partial charge in [-0.15, -0.1) is 35.3 Å². The molecule has 0 aliphatic rings. The number of halogens is 1. The second kappa shape index (κ2) is 7.44. The first-order valence-electron chi connectivity index (χ1n) is 5.68. The fourth-order valence-corrected chi connectivity index (χ4v) is 2.55. The van der Waals surface area contributed by atoms with E-state index in [-0.39, 0.29) is 24.0 Å². The first kappa shape index (κ1) is 15.9. The number of benzene rings is 1. The molecule has 1 aromatic carbocycles. The van der Waals surface area contributed by atoms with Crippen molar-refractivity contribution in [3.8, 4) is 10.6 Å². The van der Waals surface area contributed by atoms with Gasteiger partial charge < -0.3 is 11.1 Å². The molecular weight excluding hydrogens is 371 g/mol. The smallest absolute Gasteiger partial charge is 0.188 e. The number of hydrogen-bond donors (Lipinski definition) is 2. The molecule has 0 radical (unpaired) electrons. The molecule has 0 aliphatic carbocycles. The Labute approximate surface area is 134 Å². The number of nitrogens with two attached hydrogens (primary N) is 1. The van der Waals surface area contributed by atoms with Crippen molar-refractivity contribution in [2.75, 3.05) is 7.05 Å². The molecule has 0 bridgehead atoms. The molecule has 0 fully saturated rings. The molecule has 1 heterocycles. The van der Waals surface area contributed by atoms with E-state index in [0.717, 1.165) is 16.3 Å². The quantitative estimate of drug-likeness (QED) is 0.483. The van der Waals surface area contributed by atoms with Crippen LogP contribution in [0.4, 0.5) is 0 Å². The predicted octanol–water partition coefficient (Wildman–Crippen LogP) is 2.77. The fourth-order valence-electron chi connectivity index (χ4n) is 1.55. The number of thiazole rings is 1. The monoisotopic (exact) mass is 388 g/mol. The summed E-state index contributed by atoms with van der Waals surface area (Å²) in [6.07, 6.45) is 0. The molecule has 6 heteroatoms. The second-order valence-corrected chi connectivity index (χ2v) is 4.94. The van der Waals surface area contributed by atoms with E-state index in [2.05, 4.69) is 27.4 Å². The zero-order chi connectivity index (χ0) is 13.0. The first-order valence-corrected chi connectivity index (χ1v) is 6.50. The van der Waals surface area contributed by atoms with Crippen LogP contribution in [0, 0.1) is 6.92 Å². The molecule has 102 valence electrons. The molecule has 0 unspecified atom stereocenters. The number of nitrogens with zero attached hydrogens (tertiary/aromatic N) is 2. The highest BCUT2D eigenvalue weighted by Crippen LogP contribution is 2.27. The summed E-state index contributed by atoms with van der Waals surface area (Å²) in [4.78, 5) is 9.63. The van der Waals surface area contributed by atoms with Gasteiger partial charge in [0.25, 0.3) is 0 Å². The van der Waals surface area contributed by atoms with Crippen LogP contribution in [0.25, 0.3) is 10.6 Å². The van der Waals surface area contributed by atoms with E-state index in [1.54, 1.807) is 18.4 Å². The molecule has 4 nitrogen and oxygen atoms in total. The van der Waals surface area contributed by atoms with Gasteiger partial charge in [0, 0.05) is 17.5 Å². The van der Waals surface area contributed by atoms with Gasteiger partial charge in [0.15, 0.2) is 5.96 Å². The lowest BCUT2D eigenvalue weighted by Crippen LogP contribution is -2.30. The summed E-state index contributed by atoms with van der Waals surface area (Å²) in [7, 11) is 1.66. The van der Waals surface area contributed by atoms with Gasteiger partial charge in [0.2, 0.25) is 0 Å². The lowest BCUT2D eigenvalue weighted by Gasteiger charge is -2.02. The van der Waals surface area contributed by atoms with Crippen LogP contribution >= 0.6 is 35.3 Å². The van der Waals surface area contributed by atoms with Gasteiger partial charge >= 0.3 is 0 Å². The maximum atomic E-state index is 5.61. The van der Waals surface area contributed by atoms with Crippen LogP contribution < -0.4 is 11.1 Å². The molecule has 0 saturated heterocycles. The minimum Gasteiger partial charge on any atom is -0.370 e. The van der Waals surface area contributed by atoms with Crippen LogP contribution in [0.5, 0.6) is 0 Å². The average molecular weight is 388 g/mol. The third-order valence-corrected chi connectivity index (χ3v) is 3.79. The zero-order valence-electron chi connectivity index (χ0n) is 10.9. The fraction of sp³-hybridized carbons (Fsp3) is 0.231. The molecule has 0 amide bonds. The van der Waals surface area contributed by atoms with Gasteiger partial charge in [-0.05, 0) is 6.92 Å². The molecule has 0 atom stereocenters. The van der Waals surface area contributed by atoms with E-state index in [0.29, 0.717) is 12.5 Å². The number of aliphatic imine (C=N–C) groups is 1. The van der Waals surface area contributed by atoms with Gasteiger partial charge in [0.05, 0.1) is 12.2 Å². The third kappa shape index (κ3) is 4.17. The molecule has 0 spiro atoms. The Kier molecular flexibility index (Phi) is 6.23. The lowest BCUT2D eigenvalue weighted by molar-refractivity contribution is 0.905. The van der Waals surface area contributed by atoms with Gasteiger partial charge in [0.1, 0.15) is 5.01 Å². The van der Waals surface area contributed by atoms with Gasteiger partial charge in [-0.2, -0.15) is 0 Å². The zero-order valence-corrected chi connectivity index (χ0v) is 14.0. The number of rotatable bonds is 3. The molecule has 3 N–H and O–H groups in total. The highest BCUT2D eigenvalue weighted by atomic mass is 127. The van der Waals surface area contributed by atoms with E-state index in [9.17, 15) is 0 Å². The third-order valence-electron chi connectivity index (χ3n) is 2.58. The molecule has 2 rings (SSSR count). The molecule has 2 aromatic rings. The van der Waals surface area contributed by atoms with Crippen molar-refractivity contribution in [3.63, 3.8) is 0 Å². The Morgan fingerprint density at radius 3 is 2.68 bits per heavy atom. The SMILES string of the molecule is CN=C(N)NCc1sc(-c2ccccc2)nc1C.I. The Bertz CT molecular complexity index is 551. The summed E-state index contributed by atoms with van der Waals surface area (Å²) in [6, 6.07) is 10.2. The number of aromatic nitrogens is 1. The van der Waals surface area contributed by atoms with Gasteiger partial charge in [-0.3, -0.25) is 4.99 Å². The van der Waals surface area contributed by atoms with Crippen molar-refractivity contribution in [1.29, 1.82) is 0 Å². The highest BCUT2D eigenvalue weighted by molar-refractivity contribution is 14.0. The molecular formula is C13H17IN4S. The topological polar surface area (TPSA) is 63.3 Å². The molecule has 1 aromatic heterocycles. The van der Waals surface area contributed by atoms with Crippen molar-refractivity contribution in [2.24, 2.45) is 10.7 Å². The van der Waals surface area contributed by atoms with Crippen LogP contribution in [0.15, 0.2) is 35.3 Å². The number of hydrogen-bond acceptors (Lipinski definition) is 3. The van der Waals surface area contributed by atoms with Crippen molar-refractivity contribution in [3.05, 3.63) is 40.9 Å². The minimum atomic E-state index is 0. The van der Waals surface area contributed by atoms with Crippen LogP contribution in [0.2, 0.25) is 0 Å². The van der Waals surface area contributed by atoms with Gasteiger partial charge in [-0.1, -0.05) is 30.3 Å². The van der Waals surface area contributed by atoms with Crippen LogP contribution in [0.1, 0.15) is 10.6 Å². The summed E-state index contributed by atoms with van der Waals surface area (Å²) in [5.41, 5.74) is 7.80. The maximum Gasteiger partial charge on any atom is 0.188 e. The maximum absolute atomic E-state index is 5.61. The van der Waals surface area contributed by atoms with Crippen molar-refractivity contribution in [1.82, 2.24) is 10.3 Å². The Morgan fingerprint density at radius 2 is 2.05 bits per heavy atom. The molecule has 0 saturated carbocycles. The molecule has 0 aliphatic heterocycles.